The number of aromatic nitrogens is 2. The topological polar surface area (TPSA) is 33.4 Å². The monoisotopic (exact) mass is 202 g/mol. The summed E-state index contributed by atoms with van der Waals surface area (Å²) in [5, 5.41) is 0. The van der Waals surface area contributed by atoms with Gasteiger partial charge in [0.1, 0.15) is 18.4 Å². The maximum absolute atomic E-state index is 5.76. The molecule has 2 heterocycles. The van der Waals surface area contributed by atoms with E-state index in [1.807, 2.05) is 10.6 Å². The van der Waals surface area contributed by atoms with Crippen molar-refractivity contribution in [2.24, 2.45) is 4.99 Å². The normalized spacial score (nSPS) is 15.0. The third kappa shape index (κ3) is 1.19. The highest BCUT2D eigenvalue weighted by Gasteiger charge is 2.15. The lowest BCUT2D eigenvalue weighted by molar-refractivity contribution is 0.666. The van der Waals surface area contributed by atoms with Gasteiger partial charge in [-0.15, -0.1) is 0 Å². The van der Waals surface area contributed by atoms with E-state index in [0.717, 1.165) is 18.1 Å². The summed E-state index contributed by atoms with van der Waals surface area (Å²) in [6.07, 6.45) is 5.32. The number of hydrogen-bond acceptors (Lipinski definition) is 4. The average molecular weight is 203 g/mol. The molecule has 0 fully saturated rings. The molecule has 1 aliphatic heterocycles. The van der Waals surface area contributed by atoms with Gasteiger partial charge < -0.3 is 4.31 Å². The minimum atomic E-state index is 0.738. The summed E-state index contributed by atoms with van der Waals surface area (Å²) in [6, 6.07) is 0. The van der Waals surface area contributed by atoms with Crippen molar-refractivity contribution in [1.29, 1.82) is 0 Å². The number of aliphatic imine (C=N–C) groups is 1. The minimum absolute atomic E-state index is 0.738. The lowest BCUT2D eigenvalue weighted by Gasteiger charge is -2.17. The van der Waals surface area contributed by atoms with Crippen molar-refractivity contribution in [3.8, 4) is 0 Å². The van der Waals surface area contributed by atoms with Crippen LogP contribution in [0.25, 0.3) is 0 Å². The van der Waals surface area contributed by atoms with Crippen molar-refractivity contribution in [2.45, 2.75) is 6.54 Å². The minimum Gasteiger partial charge on any atom is -0.301 e. The van der Waals surface area contributed by atoms with Crippen LogP contribution < -0.4 is 0 Å². The Morgan fingerprint density at radius 1 is 1.67 bits per heavy atom. The smallest absolute Gasteiger partial charge is 0.174 e. The molecule has 2 rings (SSSR count). The van der Waals surface area contributed by atoms with Crippen LogP contribution in [0.4, 0.5) is 5.82 Å². The molecule has 0 spiro atoms. The van der Waals surface area contributed by atoms with Crippen LogP contribution >= 0.6 is 23.7 Å². The van der Waals surface area contributed by atoms with E-state index in [4.69, 9.17) is 11.8 Å². The van der Waals surface area contributed by atoms with E-state index in [1.165, 1.54) is 4.09 Å². The molecule has 1 aromatic rings. The lowest BCUT2D eigenvalue weighted by atomic mass is 10.4. The van der Waals surface area contributed by atoms with E-state index in [2.05, 4.69) is 9.98 Å². The summed E-state index contributed by atoms with van der Waals surface area (Å²) in [6.45, 7) is 0.764. The first-order chi connectivity index (χ1) is 5.81. The molecule has 6 heteroatoms. The van der Waals surface area contributed by atoms with Crippen LogP contribution in [0.1, 0.15) is 5.69 Å². The molecular weight excluding hydrogens is 196 g/mol. The van der Waals surface area contributed by atoms with Gasteiger partial charge in [0, 0.05) is 18.0 Å². The van der Waals surface area contributed by atoms with Gasteiger partial charge in [-0.25, -0.2) is 14.1 Å². The van der Waals surface area contributed by atoms with Crippen molar-refractivity contribution in [3.05, 3.63) is 12.0 Å². The van der Waals surface area contributed by atoms with Gasteiger partial charge in [0.15, 0.2) is 5.82 Å². The highest BCUT2D eigenvalue weighted by molar-refractivity contribution is 7.96. The molecule has 1 aromatic heterocycles. The number of halogens is 1. The van der Waals surface area contributed by atoms with Crippen LogP contribution in [0.15, 0.2) is 11.3 Å². The largest absolute Gasteiger partial charge is 0.301 e. The van der Waals surface area contributed by atoms with Crippen LogP contribution in [0.2, 0.25) is 0 Å². The van der Waals surface area contributed by atoms with E-state index < -0.39 is 0 Å². The fourth-order valence-corrected chi connectivity index (χ4v) is 1.59. The Balaban J connectivity index is 2.34. The molecule has 64 valence electrons. The third-order valence-electron chi connectivity index (χ3n) is 1.62. The number of rotatable bonds is 1. The van der Waals surface area contributed by atoms with Crippen molar-refractivity contribution in [3.63, 3.8) is 0 Å². The summed E-state index contributed by atoms with van der Waals surface area (Å²) in [5.74, 6) is 0.738. The molecule has 0 atom stereocenters. The fourth-order valence-electron chi connectivity index (χ4n) is 1.02. The molecule has 0 amide bonds. The summed E-state index contributed by atoms with van der Waals surface area (Å²) in [5.41, 5.74) is 0.918. The van der Waals surface area contributed by atoms with E-state index in [9.17, 15) is 0 Å². The second-order valence-corrected chi connectivity index (χ2v) is 3.53. The molecule has 0 N–H and O–H groups in total. The fraction of sp³-hybridized carbons (Fsp3) is 0.333. The molecule has 0 radical (unpaired) electrons. The summed E-state index contributed by atoms with van der Waals surface area (Å²) < 4.78 is 3.40. The molecule has 0 bridgehead atoms. The standard InChI is InChI=1S/C6H7ClN4S/c1-12-10-2-5-6(9-3-10)11(7)4-8-5/h3-4H,2H2,1H3. The zero-order valence-electron chi connectivity index (χ0n) is 6.44. The number of fused-ring (bicyclic) bond motifs is 1. The Hall–Kier alpha value is -0.680. The summed E-state index contributed by atoms with van der Waals surface area (Å²) >= 11 is 7.37. The summed E-state index contributed by atoms with van der Waals surface area (Å²) in [7, 11) is 0. The van der Waals surface area contributed by atoms with Gasteiger partial charge in [0.25, 0.3) is 0 Å². The number of nitrogens with zero attached hydrogens (tertiary/aromatic N) is 4. The van der Waals surface area contributed by atoms with Crippen molar-refractivity contribution < 1.29 is 0 Å². The zero-order valence-corrected chi connectivity index (χ0v) is 8.01. The zero-order chi connectivity index (χ0) is 8.55. The lowest BCUT2D eigenvalue weighted by Crippen LogP contribution is -2.15. The molecule has 1 aliphatic rings. The molecule has 0 unspecified atom stereocenters. The van der Waals surface area contributed by atoms with Crippen LogP contribution in [0, 0.1) is 0 Å². The average Bonchev–Trinajstić information content (AvgIpc) is 2.47. The van der Waals surface area contributed by atoms with Crippen LogP contribution in [0.3, 0.4) is 0 Å². The second-order valence-electron chi connectivity index (χ2n) is 2.33. The van der Waals surface area contributed by atoms with Gasteiger partial charge in [0.05, 0.1) is 6.54 Å². The van der Waals surface area contributed by atoms with E-state index in [-0.39, 0.29) is 0 Å². The quantitative estimate of drug-likeness (QED) is 0.650. The van der Waals surface area contributed by atoms with Gasteiger partial charge in [-0.3, -0.25) is 0 Å². The molecule has 0 saturated carbocycles. The Kier molecular flexibility index (Phi) is 1.98. The highest BCUT2D eigenvalue weighted by Crippen LogP contribution is 2.25. The second kappa shape index (κ2) is 2.99. The van der Waals surface area contributed by atoms with Gasteiger partial charge in [-0.05, 0) is 0 Å². The van der Waals surface area contributed by atoms with Crippen molar-refractivity contribution in [1.82, 2.24) is 13.4 Å². The van der Waals surface area contributed by atoms with Gasteiger partial charge in [-0.1, -0.05) is 11.9 Å². The maximum Gasteiger partial charge on any atom is 0.174 e. The first kappa shape index (κ1) is 7.94. The first-order valence-corrected chi connectivity index (χ1v) is 4.90. The van der Waals surface area contributed by atoms with E-state index in [0.29, 0.717) is 0 Å². The van der Waals surface area contributed by atoms with E-state index in [1.54, 1.807) is 24.6 Å². The Labute approximate surface area is 79.5 Å². The number of hydrogen-bond donors (Lipinski definition) is 0. The highest BCUT2D eigenvalue weighted by atomic mass is 35.5. The molecule has 12 heavy (non-hydrogen) atoms. The van der Waals surface area contributed by atoms with Crippen molar-refractivity contribution >= 4 is 35.9 Å². The van der Waals surface area contributed by atoms with Crippen molar-refractivity contribution in [2.75, 3.05) is 6.26 Å². The number of imidazole rings is 1. The predicted octanol–water partition coefficient (Wildman–Crippen LogP) is 1.64. The molecule has 0 saturated heterocycles. The van der Waals surface area contributed by atoms with E-state index >= 15 is 0 Å². The maximum atomic E-state index is 5.76. The Bertz CT molecular complexity index is 321. The predicted molar refractivity (Wildman–Crippen MR) is 50.7 cm³/mol. The van der Waals surface area contributed by atoms with Gasteiger partial charge >= 0.3 is 0 Å². The first-order valence-electron chi connectivity index (χ1n) is 3.38. The van der Waals surface area contributed by atoms with Crippen LogP contribution in [-0.4, -0.2) is 26.0 Å². The Morgan fingerprint density at radius 3 is 3.25 bits per heavy atom. The Morgan fingerprint density at radius 2 is 2.50 bits per heavy atom. The summed E-state index contributed by atoms with van der Waals surface area (Å²) in [4.78, 5) is 8.27. The van der Waals surface area contributed by atoms with Gasteiger partial charge in [-0.2, -0.15) is 0 Å². The third-order valence-corrected chi connectivity index (χ3v) is 2.56. The SMILES string of the molecule is CSN1C=Nc2c(ncn2Cl)C1. The van der Waals surface area contributed by atoms with Gasteiger partial charge in [0.2, 0.25) is 0 Å². The van der Waals surface area contributed by atoms with Crippen LogP contribution in [0.5, 0.6) is 0 Å². The molecular formula is C6H7ClN4S. The molecule has 0 aliphatic carbocycles. The molecule has 0 aromatic carbocycles. The van der Waals surface area contributed by atoms with Crippen LogP contribution in [-0.2, 0) is 6.54 Å². The molecule has 4 nitrogen and oxygen atoms in total.